The van der Waals surface area contributed by atoms with Crippen LogP contribution in [-0.2, 0) is 14.8 Å². The van der Waals surface area contributed by atoms with Crippen molar-refractivity contribution < 1.29 is 32.5 Å². The van der Waals surface area contributed by atoms with Crippen molar-refractivity contribution in [3.05, 3.63) is 83.4 Å². The van der Waals surface area contributed by atoms with E-state index in [1.165, 1.54) is 4.31 Å². The molecular formula is C31H36N2O7S. The summed E-state index contributed by atoms with van der Waals surface area (Å²) in [5, 5.41) is 10.5. The lowest BCUT2D eigenvalue weighted by molar-refractivity contribution is -0.143. The van der Waals surface area contributed by atoms with Gasteiger partial charge in [0.2, 0.25) is 16.8 Å². The Labute approximate surface area is 241 Å². The molecule has 0 aliphatic carbocycles. The van der Waals surface area contributed by atoms with Crippen LogP contribution in [0.2, 0.25) is 0 Å². The first-order chi connectivity index (χ1) is 19.7. The topological polar surface area (TPSA) is 106 Å². The molecule has 2 aliphatic heterocycles. The molecular weight excluding hydrogens is 544 g/mol. The van der Waals surface area contributed by atoms with Crippen molar-refractivity contribution in [1.82, 2.24) is 9.21 Å². The van der Waals surface area contributed by atoms with E-state index in [4.69, 9.17) is 14.2 Å². The smallest absolute Gasteiger partial charge is 0.309 e. The van der Waals surface area contributed by atoms with E-state index in [0.29, 0.717) is 43.3 Å². The fourth-order valence-corrected chi connectivity index (χ4v) is 7.36. The molecule has 41 heavy (non-hydrogen) atoms. The molecule has 3 atom stereocenters. The second kappa shape index (κ2) is 12.1. The monoisotopic (exact) mass is 580 g/mol. The maximum absolute atomic E-state index is 13.6. The molecule has 9 nitrogen and oxygen atoms in total. The maximum atomic E-state index is 13.6. The van der Waals surface area contributed by atoms with Crippen molar-refractivity contribution in [3.63, 3.8) is 0 Å². The van der Waals surface area contributed by atoms with Gasteiger partial charge in [-0.1, -0.05) is 42.8 Å². The molecule has 0 bridgehead atoms. The quantitative estimate of drug-likeness (QED) is 0.349. The van der Waals surface area contributed by atoms with Gasteiger partial charge >= 0.3 is 5.97 Å². The average Bonchev–Trinajstić information content (AvgIpc) is 3.60. The van der Waals surface area contributed by atoms with Crippen LogP contribution in [0.1, 0.15) is 42.0 Å². The number of sulfonamides is 1. The standard InChI is InChI=1S/C31H36N2O7S/c1-4-15-33(41(36,37)25-12-5-21(2)6-13-25)17-16-32-19-26(23-9-14-27-28(18-23)40-20-39-27)29(31(34)35)30(32)22-7-10-24(38-3)11-8-22/h5-14,18,26,29-30H,4,15-17,19-20H2,1-3H3,(H,34,35)/t26?,29-,30+/m0/s1. The molecule has 2 heterocycles. The highest BCUT2D eigenvalue weighted by Crippen LogP contribution is 2.47. The number of aryl methyl sites for hydroxylation is 1. The van der Waals surface area contributed by atoms with Crippen molar-refractivity contribution >= 4 is 16.0 Å². The third-order valence-corrected chi connectivity index (χ3v) is 9.85. The lowest BCUT2D eigenvalue weighted by atomic mass is 9.82. The van der Waals surface area contributed by atoms with Gasteiger partial charge in [0.1, 0.15) is 5.75 Å². The van der Waals surface area contributed by atoms with Gasteiger partial charge in [0, 0.05) is 38.1 Å². The van der Waals surface area contributed by atoms with Crippen molar-refractivity contribution in [2.45, 2.75) is 37.1 Å². The minimum Gasteiger partial charge on any atom is -0.497 e. The fourth-order valence-electron chi connectivity index (χ4n) is 5.84. The molecule has 1 N–H and O–H groups in total. The van der Waals surface area contributed by atoms with Gasteiger partial charge in [-0.3, -0.25) is 9.69 Å². The highest BCUT2D eigenvalue weighted by Gasteiger charge is 2.47. The highest BCUT2D eigenvalue weighted by molar-refractivity contribution is 7.89. The van der Waals surface area contributed by atoms with Gasteiger partial charge in [-0.05, 0) is 60.9 Å². The Morgan fingerprint density at radius 3 is 2.34 bits per heavy atom. The summed E-state index contributed by atoms with van der Waals surface area (Å²) in [7, 11) is -2.14. The van der Waals surface area contributed by atoms with Crippen LogP contribution in [0.4, 0.5) is 0 Å². The Morgan fingerprint density at radius 2 is 1.68 bits per heavy atom. The number of likely N-dealkylation sites (tertiary alicyclic amines) is 1. The highest BCUT2D eigenvalue weighted by atomic mass is 32.2. The molecule has 0 amide bonds. The second-order valence-corrected chi connectivity index (χ2v) is 12.5. The Kier molecular flexibility index (Phi) is 8.53. The number of aliphatic carboxylic acids is 1. The molecule has 218 valence electrons. The van der Waals surface area contributed by atoms with Gasteiger partial charge < -0.3 is 19.3 Å². The normalized spacial score (nSPS) is 20.4. The summed E-state index contributed by atoms with van der Waals surface area (Å²) in [6, 6.07) is 19.4. The Hall–Kier alpha value is -3.60. The number of nitrogens with zero attached hydrogens (tertiary/aromatic N) is 2. The molecule has 0 aromatic heterocycles. The summed E-state index contributed by atoms with van der Waals surface area (Å²) in [6.45, 7) is 5.41. The van der Waals surface area contributed by atoms with E-state index in [2.05, 4.69) is 4.90 Å². The Morgan fingerprint density at radius 1 is 1.00 bits per heavy atom. The predicted molar refractivity (Wildman–Crippen MR) is 154 cm³/mol. The summed E-state index contributed by atoms with van der Waals surface area (Å²) in [5.74, 6) is -0.105. The lowest BCUT2D eigenvalue weighted by Gasteiger charge is -2.30. The van der Waals surface area contributed by atoms with Crippen molar-refractivity contribution in [3.8, 4) is 17.2 Å². The van der Waals surface area contributed by atoms with E-state index in [-0.39, 0.29) is 24.2 Å². The second-order valence-electron chi connectivity index (χ2n) is 10.5. The van der Waals surface area contributed by atoms with E-state index < -0.39 is 28.0 Å². The molecule has 1 fully saturated rings. The van der Waals surface area contributed by atoms with Crippen LogP contribution >= 0.6 is 0 Å². The van der Waals surface area contributed by atoms with E-state index in [1.54, 1.807) is 31.4 Å². The average molecular weight is 581 g/mol. The van der Waals surface area contributed by atoms with Crippen LogP contribution in [0, 0.1) is 12.8 Å². The van der Waals surface area contributed by atoms with Gasteiger partial charge in [0.25, 0.3) is 0 Å². The first-order valence-electron chi connectivity index (χ1n) is 13.8. The summed E-state index contributed by atoms with van der Waals surface area (Å²) in [4.78, 5) is 15.2. The molecule has 0 spiro atoms. The zero-order valence-electron chi connectivity index (χ0n) is 23.5. The van der Waals surface area contributed by atoms with Crippen LogP contribution in [0.5, 0.6) is 17.2 Å². The lowest BCUT2D eigenvalue weighted by Crippen LogP contribution is -2.39. The van der Waals surface area contributed by atoms with E-state index in [0.717, 1.165) is 16.7 Å². The van der Waals surface area contributed by atoms with E-state index in [9.17, 15) is 18.3 Å². The third-order valence-electron chi connectivity index (χ3n) is 7.93. The first-order valence-corrected chi connectivity index (χ1v) is 15.2. The maximum Gasteiger partial charge on any atom is 0.309 e. The molecule has 10 heteroatoms. The SMILES string of the molecule is CCCN(CCN1CC(c2ccc3c(c2)OCO3)[C@H](C(=O)O)[C@H]1c1ccc(OC)cc1)S(=O)(=O)c1ccc(C)cc1. The fraction of sp³-hybridized carbons (Fsp3) is 0.387. The first kappa shape index (κ1) is 28.9. The van der Waals surface area contributed by atoms with Crippen LogP contribution in [0.25, 0.3) is 0 Å². The van der Waals surface area contributed by atoms with Gasteiger partial charge in [-0.25, -0.2) is 8.42 Å². The summed E-state index contributed by atoms with van der Waals surface area (Å²) in [5.41, 5.74) is 2.67. The number of carboxylic acids is 1. The van der Waals surface area contributed by atoms with Gasteiger partial charge in [-0.15, -0.1) is 0 Å². The largest absolute Gasteiger partial charge is 0.497 e. The van der Waals surface area contributed by atoms with Gasteiger partial charge in [0.05, 0.1) is 17.9 Å². The van der Waals surface area contributed by atoms with Crippen molar-refractivity contribution in [2.75, 3.05) is 40.1 Å². The number of methoxy groups -OCH3 is 1. The van der Waals surface area contributed by atoms with Gasteiger partial charge in [-0.2, -0.15) is 4.31 Å². The number of carboxylic acid groups (broad SMARTS) is 1. The number of ether oxygens (including phenoxy) is 3. The molecule has 3 aromatic carbocycles. The van der Waals surface area contributed by atoms with Crippen LogP contribution in [-0.4, -0.2) is 68.8 Å². The molecule has 0 radical (unpaired) electrons. The zero-order chi connectivity index (χ0) is 29.1. The Bertz CT molecular complexity index is 1480. The molecule has 3 aromatic rings. The molecule has 1 saturated heterocycles. The number of rotatable bonds is 11. The number of carbonyl (C=O) groups is 1. The zero-order valence-corrected chi connectivity index (χ0v) is 24.3. The number of hydrogen-bond acceptors (Lipinski definition) is 7. The predicted octanol–water partition coefficient (Wildman–Crippen LogP) is 4.67. The molecule has 1 unspecified atom stereocenters. The number of benzene rings is 3. The van der Waals surface area contributed by atoms with Crippen LogP contribution < -0.4 is 14.2 Å². The Balaban J connectivity index is 1.48. The van der Waals surface area contributed by atoms with Crippen LogP contribution in [0.3, 0.4) is 0 Å². The van der Waals surface area contributed by atoms with E-state index in [1.807, 2.05) is 56.3 Å². The van der Waals surface area contributed by atoms with Crippen LogP contribution in [0.15, 0.2) is 71.6 Å². The van der Waals surface area contributed by atoms with Crippen molar-refractivity contribution in [2.24, 2.45) is 5.92 Å². The molecule has 0 saturated carbocycles. The number of fused-ring (bicyclic) bond motifs is 1. The summed E-state index contributed by atoms with van der Waals surface area (Å²) >= 11 is 0. The van der Waals surface area contributed by atoms with Crippen molar-refractivity contribution in [1.29, 1.82) is 0 Å². The number of hydrogen-bond donors (Lipinski definition) is 1. The third kappa shape index (κ3) is 5.91. The van der Waals surface area contributed by atoms with E-state index >= 15 is 0 Å². The minimum atomic E-state index is -3.72. The minimum absolute atomic E-state index is 0.134. The summed E-state index contributed by atoms with van der Waals surface area (Å²) in [6.07, 6.45) is 0.657. The summed E-state index contributed by atoms with van der Waals surface area (Å²) < 4.78 is 45.1. The van der Waals surface area contributed by atoms with Gasteiger partial charge in [0.15, 0.2) is 11.5 Å². The molecule has 5 rings (SSSR count). The molecule has 2 aliphatic rings.